The molecule has 1 rings (SSSR count). The normalized spacial score (nSPS) is 11.5. The average Bonchev–Trinajstić information content (AvgIpc) is 2.04. The molecule has 0 unspecified atom stereocenters. The van der Waals surface area contributed by atoms with E-state index >= 15 is 0 Å². The SMILES string of the molecule is COCc1ccccc1S(C)(=O)=O. The van der Waals surface area contributed by atoms with E-state index in [0.717, 1.165) is 0 Å². The molecule has 0 heterocycles. The number of sulfone groups is 1. The first-order chi connectivity index (χ1) is 6.05. The van der Waals surface area contributed by atoms with Gasteiger partial charge in [0.15, 0.2) is 9.84 Å². The largest absolute Gasteiger partial charge is 0.380 e. The molecule has 0 saturated carbocycles. The van der Waals surface area contributed by atoms with Crippen molar-refractivity contribution in [2.24, 2.45) is 0 Å². The summed E-state index contributed by atoms with van der Waals surface area (Å²) in [6.45, 7) is 0.323. The second-order valence-electron chi connectivity index (χ2n) is 2.81. The van der Waals surface area contributed by atoms with E-state index in [0.29, 0.717) is 17.1 Å². The fourth-order valence-electron chi connectivity index (χ4n) is 1.14. The molecule has 4 heteroatoms. The molecule has 0 N–H and O–H groups in total. The molecule has 0 aliphatic carbocycles. The topological polar surface area (TPSA) is 43.4 Å². The minimum absolute atomic E-state index is 0.323. The van der Waals surface area contributed by atoms with Crippen LogP contribution in [-0.4, -0.2) is 21.8 Å². The van der Waals surface area contributed by atoms with Gasteiger partial charge < -0.3 is 4.74 Å². The summed E-state index contributed by atoms with van der Waals surface area (Å²) in [5.41, 5.74) is 0.701. The number of hydrogen-bond donors (Lipinski definition) is 0. The number of benzene rings is 1. The third kappa shape index (κ3) is 2.54. The molecular weight excluding hydrogens is 188 g/mol. The Balaban J connectivity index is 3.20. The zero-order valence-electron chi connectivity index (χ0n) is 7.65. The predicted octanol–water partition coefficient (Wildman–Crippen LogP) is 1.24. The molecule has 0 spiro atoms. The Morgan fingerprint density at radius 1 is 1.31 bits per heavy atom. The molecule has 72 valence electrons. The summed E-state index contributed by atoms with van der Waals surface area (Å²) in [5, 5.41) is 0. The van der Waals surface area contributed by atoms with Crippen molar-refractivity contribution in [3.8, 4) is 0 Å². The van der Waals surface area contributed by atoms with Crippen molar-refractivity contribution in [2.75, 3.05) is 13.4 Å². The van der Waals surface area contributed by atoms with Crippen LogP contribution in [0.2, 0.25) is 0 Å². The first-order valence-electron chi connectivity index (χ1n) is 3.82. The molecule has 1 aromatic carbocycles. The summed E-state index contributed by atoms with van der Waals surface area (Å²) in [7, 11) is -1.59. The van der Waals surface area contributed by atoms with Gasteiger partial charge in [-0.05, 0) is 11.6 Å². The van der Waals surface area contributed by atoms with Crippen molar-refractivity contribution in [2.45, 2.75) is 11.5 Å². The highest BCUT2D eigenvalue weighted by Gasteiger charge is 2.11. The first kappa shape index (κ1) is 10.2. The van der Waals surface area contributed by atoms with Crippen LogP contribution in [0.1, 0.15) is 5.56 Å². The lowest BCUT2D eigenvalue weighted by Crippen LogP contribution is -2.02. The lowest BCUT2D eigenvalue weighted by molar-refractivity contribution is 0.182. The maximum Gasteiger partial charge on any atom is 0.175 e. The van der Waals surface area contributed by atoms with Gasteiger partial charge in [0.05, 0.1) is 11.5 Å². The minimum Gasteiger partial charge on any atom is -0.380 e. The summed E-state index contributed by atoms with van der Waals surface area (Å²) < 4.78 is 27.4. The number of methoxy groups -OCH3 is 1. The van der Waals surface area contributed by atoms with E-state index < -0.39 is 9.84 Å². The number of ether oxygens (including phenoxy) is 1. The third-order valence-corrected chi connectivity index (χ3v) is 2.87. The molecule has 0 fully saturated rings. The van der Waals surface area contributed by atoms with Crippen LogP contribution in [0.3, 0.4) is 0 Å². The van der Waals surface area contributed by atoms with Crippen LogP contribution in [-0.2, 0) is 21.2 Å². The molecule has 0 amide bonds. The summed E-state index contributed by atoms with van der Waals surface area (Å²) in [6.07, 6.45) is 1.20. The van der Waals surface area contributed by atoms with Gasteiger partial charge in [-0.2, -0.15) is 0 Å². The van der Waals surface area contributed by atoms with Crippen molar-refractivity contribution in [3.05, 3.63) is 29.8 Å². The van der Waals surface area contributed by atoms with Gasteiger partial charge in [0.1, 0.15) is 0 Å². The van der Waals surface area contributed by atoms with E-state index in [9.17, 15) is 8.42 Å². The zero-order valence-corrected chi connectivity index (χ0v) is 8.47. The predicted molar refractivity (Wildman–Crippen MR) is 50.3 cm³/mol. The second kappa shape index (κ2) is 3.89. The molecule has 0 aliphatic heterocycles. The van der Waals surface area contributed by atoms with E-state index in [4.69, 9.17) is 4.74 Å². The zero-order chi connectivity index (χ0) is 9.90. The highest BCUT2D eigenvalue weighted by molar-refractivity contribution is 7.90. The van der Waals surface area contributed by atoms with Crippen LogP contribution in [0, 0.1) is 0 Å². The standard InChI is InChI=1S/C9H12O3S/c1-12-7-8-5-3-4-6-9(8)13(2,10)11/h3-6H,7H2,1-2H3. The van der Waals surface area contributed by atoms with Gasteiger partial charge in [-0.15, -0.1) is 0 Å². The van der Waals surface area contributed by atoms with Crippen LogP contribution < -0.4 is 0 Å². The fraction of sp³-hybridized carbons (Fsp3) is 0.333. The minimum atomic E-state index is -3.14. The Hall–Kier alpha value is -0.870. The molecule has 0 aliphatic rings. The van der Waals surface area contributed by atoms with E-state index in [-0.39, 0.29) is 0 Å². The fourth-order valence-corrected chi connectivity index (χ4v) is 2.07. The van der Waals surface area contributed by atoms with Gasteiger partial charge in [0.25, 0.3) is 0 Å². The number of rotatable bonds is 3. The van der Waals surface area contributed by atoms with Crippen LogP contribution >= 0.6 is 0 Å². The summed E-state index contributed by atoms with van der Waals surface area (Å²) >= 11 is 0. The maximum absolute atomic E-state index is 11.3. The van der Waals surface area contributed by atoms with Crippen LogP contribution in [0.15, 0.2) is 29.2 Å². The third-order valence-electron chi connectivity index (χ3n) is 1.67. The Bertz CT molecular complexity index is 382. The van der Waals surface area contributed by atoms with Crippen molar-refractivity contribution in [3.63, 3.8) is 0 Å². The van der Waals surface area contributed by atoms with Gasteiger partial charge in [-0.3, -0.25) is 0 Å². The molecule has 0 radical (unpaired) electrons. The van der Waals surface area contributed by atoms with Crippen LogP contribution in [0.4, 0.5) is 0 Å². The summed E-state index contributed by atoms with van der Waals surface area (Å²) in [5.74, 6) is 0. The van der Waals surface area contributed by atoms with Crippen molar-refractivity contribution >= 4 is 9.84 Å². The Labute approximate surface area is 78.3 Å². The molecule has 0 saturated heterocycles. The highest BCUT2D eigenvalue weighted by atomic mass is 32.2. The van der Waals surface area contributed by atoms with E-state index in [1.165, 1.54) is 6.26 Å². The first-order valence-corrected chi connectivity index (χ1v) is 5.71. The van der Waals surface area contributed by atoms with Crippen molar-refractivity contribution < 1.29 is 13.2 Å². The summed E-state index contributed by atoms with van der Waals surface area (Å²) in [6, 6.07) is 6.84. The van der Waals surface area contributed by atoms with E-state index in [1.807, 2.05) is 0 Å². The number of hydrogen-bond acceptors (Lipinski definition) is 3. The van der Waals surface area contributed by atoms with Gasteiger partial charge in [0.2, 0.25) is 0 Å². The van der Waals surface area contributed by atoms with Crippen molar-refractivity contribution in [1.82, 2.24) is 0 Å². The van der Waals surface area contributed by atoms with Gasteiger partial charge in [0, 0.05) is 13.4 Å². The Morgan fingerprint density at radius 3 is 2.46 bits per heavy atom. The summed E-state index contributed by atoms with van der Waals surface area (Å²) in [4.78, 5) is 0.344. The van der Waals surface area contributed by atoms with Gasteiger partial charge in [-0.1, -0.05) is 18.2 Å². The average molecular weight is 200 g/mol. The van der Waals surface area contributed by atoms with Crippen LogP contribution in [0.25, 0.3) is 0 Å². The smallest absolute Gasteiger partial charge is 0.175 e. The second-order valence-corrected chi connectivity index (χ2v) is 4.80. The molecule has 3 nitrogen and oxygen atoms in total. The van der Waals surface area contributed by atoms with Crippen molar-refractivity contribution in [1.29, 1.82) is 0 Å². The molecule has 0 bridgehead atoms. The van der Waals surface area contributed by atoms with E-state index in [1.54, 1.807) is 31.4 Å². The quantitative estimate of drug-likeness (QED) is 0.737. The highest BCUT2D eigenvalue weighted by Crippen LogP contribution is 2.15. The molecule has 0 atom stereocenters. The van der Waals surface area contributed by atoms with E-state index in [2.05, 4.69) is 0 Å². The monoisotopic (exact) mass is 200 g/mol. The van der Waals surface area contributed by atoms with Crippen LogP contribution in [0.5, 0.6) is 0 Å². The van der Waals surface area contributed by atoms with Gasteiger partial charge in [-0.25, -0.2) is 8.42 Å². The van der Waals surface area contributed by atoms with Gasteiger partial charge >= 0.3 is 0 Å². The maximum atomic E-state index is 11.3. The Kier molecular flexibility index (Phi) is 3.06. The Morgan fingerprint density at radius 2 is 1.92 bits per heavy atom. The molecule has 0 aromatic heterocycles. The molecular formula is C9H12O3S. The lowest BCUT2D eigenvalue weighted by atomic mass is 10.2. The molecule has 1 aromatic rings. The lowest BCUT2D eigenvalue weighted by Gasteiger charge is -2.05. The molecule has 13 heavy (non-hydrogen) atoms.